The molecule has 0 saturated heterocycles. The molecule has 1 aromatic rings. The van der Waals surface area contributed by atoms with Crippen molar-refractivity contribution < 1.29 is 8.42 Å². The Morgan fingerprint density at radius 2 is 2.00 bits per heavy atom. The van der Waals surface area contributed by atoms with E-state index < -0.39 is 10.0 Å². The molecule has 0 radical (unpaired) electrons. The molecule has 0 bridgehead atoms. The highest BCUT2D eigenvalue weighted by Crippen LogP contribution is 2.22. The van der Waals surface area contributed by atoms with Crippen molar-refractivity contribution in [3.8, 4) is 0 Å². The summed E-state index contributed by atoms with van der Waals surface area (Å²) in [4.78, 5) is 0. The van der Waals surface area contributed by atoms with E-state index in [1.165, 1.54) is 7.05 Å². The summed E-state index contributed by atoms with van der Waals surface area (Å²) >= 11 is 5.98. The number of sulfonamides is 1. The molecule has 0 fully saturated rings. The zero-order valence-electron chi connectivity index (χ0n) is 11.5. The van der Waals surface area contributed by atoms with Crippen molar-refractivity contribution in [3.63, 3.8) is 0 Å². The number of hydrogen-bond acceptors (Lipinski definition) is 3. The molecule has 2 N–H and O–H groups in total. The molecule has 0 aliphatic rings. The molecule has 19 heavy (non-hydrogen) atoms. The quantitative estimate of drug-likeness (QED) is 0.759. The summed E-state index contributed by atoms with van der Waals surface area (Å²) in [6.45, 7) is 4.72. The van der Waals surface area contributed by atoms with Gasteiger partial charge in [-0.15, -0.1) is 0 Å². The molecule has 0 aromatic heterocycles. The monoisotopic (exact) mass is 304 g/mol. The summed E-state index contributed by atoms with van der Waals surface area (Å²) in [6, 6.07) is 7.66. The minimum absolute atomic E-state index is 0.127. The topological polar surface area (TPSA) is 58.2 Å². The lowest BCUT2D eigenvalue weighted by atomic mass is 9.94. The smallest absolute Gasteiger partial charge is 0.211 e. The van der Waals surface area contributed by atoms with Crippen LogP contribution < -0.4 is 10.0 Å². The SMILES string of the molecule is CNS(=O)(=O)CCCNC(C)(C)c1cccc(Cl)c1. The van der Waals surface area contributed by atoms with Gasteiger partial charge >= 0.3 is 0 Å². The second-order valence-corrected chi connectivity index (χ2v) is 7.42. The Morgan fingerprint density at radius 1 is 1.32 bits per heavy atom. The van der Waals surface area contributed by atoms with Gasteiger partial charge in [-0.05, 0) is 51.6 Å². The van der Waals surface area contributed by atoms with E-state index in [9.17, 15) is 8.42 Å². The van der Waals surface area contributed by atoms with E-state index in [1.807, 2.05) is 38.1 Å². The third kappa shape index (κ3) is 5.48. The van der Waals surface area contributed by atoms with E-state index in [-0.39, 0.29) is 11.3 Å². The van der Waals surface area contributed by atoms with Crippen LogP contribution in [0.25, 0.3) is 0 Å². The Kier molecular flexibility index (Phi) is 5.80. The van der Waals surface area contributed by atoms with Crippen LogP contribution in [-0.4, -0.2) is 27.8 Å². The van der Waals surface area contributed by atoms with Crippen molar-refractivity contribution >= 4 is 21.6 Å². The minimum atomic E-state index is -3.12. The fourth-order valence-electron chi connectivity index (χ4n) is 1.74. The molecule has 6 heteroatoms. The Hall–Kier alpha value is -0.620. The Labute approximate surface area is 120 Å². The molecule has 0 saturated carbocycles. The van der Waals surface area contributed by atoms with E-state index >= 15 is 0 Å². The zero-order chi connectivity index (χ0) is 14.5. The average molecular weight is 305 g/mol. The largest absolute Gasteiger partial charge is 0.308 e. The first-order chi connectivity index (χ1) is 8.77. The third-order valence-corrected chi connectivity index (χ3v) is 4.70. The van der Waals surface area contributed by atoms with Crippen LogP contribution in [0.2, 0.25) is 5.02 Å². The lowest BCUT2D eigenvalue weighted by Crippen LogP contribution is -2.38. The summed E-state index contributed by atoms with van der Waals surface area (Å²) < 4.78 is 24.9. The van der Waals surface area contributed by atoms with Crippen molar-refractivity contribution in [1.29, 1.82) is 0 Å². The van der Waals surface area contributed by atoms with Gasteiger partial charge in [0.05, 0.1) is 5.75 Å². The molecule has 0 atom stereocenters. The van der Waals surface area contributed by atoms with Gasteiger partial charge in [-0.1, -0.05) is 23.7 Å². The van der Waals surface area contributed by atoms with Gasteiger partial charge in [-0.3, -0.25) is 0 Å². The molecule has 0 aliphatic carbocycles. The Morgan fingerprint density at radius 3 is 2.58 bits per heavy atom. The van der Waals surface area contributed by atoms with Gasteiger partial charge in [0, 0.05) is 10.6 Å². The maximum atomic E-state index is 11.3. The second kappa shape index (κ2) is 6.70. The summed E-state index contributed by atoms with van der Waals surface area (Å²) in [6.07, 6.45) is 0.563. The molecule has 0 heterocycles. The number of halogens is 1. The first kappa shape index (κ1) is 16.4. The molecule has 1 rings (SSSR count). The molecule has 4 nitrogen and oxygen atoms in total. The van der Waals surface area contributed by atoms with Crippen LogP contribution in [-0.2, 0) is 15.6 Å². The van der Waals surface area contributed by atoms with Crippen molar-refractivity contribution in [3.05, 3.63) is 34.9 Å². The van der Waals surface area contributed by atoms with Crippen LogP contribution in [0.15, 0.2) is 24.3 Å². The van der Waals surface area contributed by atoms with Crippen LogP contribution in [0.1, 0.15) is 25.8 Å². The lowest BCUT2D eigenvalue weighted by molar-refractivity contribution is 0.404. The molecule has 1 aromatic carbocycles. The van der Waals surface area contributed by atoms with Crippen LogP contribution in [0, 0.1) is 0 Å². The molecular formula is C13H21ClN2O2S. The predicted molar refractivity (Wildman–Crippen MR) is 79.9 cm³/mol. The maximum Gasteiger partial charge on any atom is 0.211 e. The van der Waals surface area contributed by atoms with E-state index in [0.29, 0.717) is 18.0 Å². The van der Waals surface area contributed by atoms with Gasteiger partial charge in [-0.25, -0.2) is 13.1 Å². The molecule has 0 amide bonds. The van der Waals surface area contributed by atoms with Crippen molar-refractivity contribution in [1.82, 2.24) is 10.0 Å². The fraction of sp³-hybridized carbons (Fsp3) is 0.538. The molecule has 0 aliphatic heterocycles. The first-order valence-corrected chi connectivity index (χ1v) is 8.22. The number of rotatable bonds is 7. The molecule has 108 valence electrons. The highest BCUT2D eigenvalue weighted by atomic mass is 35.5. The summed E-state index contributed by atoms with van der Waals surface area (Å²) in [5, 5.41) is 4.05. The van der Waals surface area contributed by atoms with Gasteiger partial charge in [-0.2, -0.15) is 0 Å². The molecular weight excluding hydrogens is 284 g/mol. The fourth-order valence-corrected chi connectivity index (χ4v) is 2.66. The standard InChI is InChI=1S/C13H21ClN2O2S/c1-13(2,11-6-4-7-12(14)10-11)16-8-5-9-19(17,18)15-3/h4,6-7,10,15-16H,5,8-9H2,1-3H3. The maximum absolute atomic E-state index is 11.3. The van der Waals surface area contributed by atoms with Gasteiger partial charge in [0.1, 0.15) is 0 Å². The highest BCUT2D eigenvalue weighted by molar-refractivity contribution is 7.89. The Bertz CT molecular complexity index is 515. The van der Waals surface area contributed by atoms with Crippen molar-refractivity contribution in [2.24, 2.45) is 0 Å². The minimum Gasteiger partial charge on any atom is -0.308 e. The van der Waals surface area contributed by atoms with Crippen LogP contribution >= 0.6 is 11.6 Å². The highest BCUT2D eigenvalue weighted by Gasteiger charge is 2.19. The van der Waals surface area contributed by atoms with Gasteiger partial charge in [0.15, 0.2) is 0 Å². The predicted octanol–water partition coefficient (Wildman–Crippen LogP) is 2.10. The van der Waals surface area contributed by atoms with Gasteiger partial charge in [0.25, 0.3) is 0 Å². The third-order valence-electron chi connectivity index (χ3n) is 3.01. The zero-order valence-corrected chi connectivity index (χ0v) is 13.1. The summed E-state index contributed by atoms with van der Waals surface area (Å²) in [5.74, 6) is 0.127. The van der Waals surface area contributed by atoms with E-state index in [4.69, 9.17) is 11.6 Å². The van der Waals surface area contributed by atoms with Gasteiger partial charge in [0.2, 0.25) is 10.0 Å². The van der Waals surface area contributed by atoms with Crippen LogP contribution in [0.5, 0.6) is 0 Å². The summed E-state index contributed by atoms with van der Waals surface area (Å²) in [5.41, 5.74) is 0.838. The molecule has 0 unspecified atom stereocenters. The van der Waals surface area contributed by atoms with Crippen LogP contribution in [0.3, 0.4) is 0 Å². The number of hydrogen-bond donors (Lipinski definition) is 2. The summed E-state index contributed by atoms with van der Waals surface area (Å²) in [7, 11) is -1.69. The normalized spacial score (nSPS) is 12.6. The van der Waals surface area contributed by atoms with E-state index in [2.05, 4.69) is 10.0 Å². The number of benzene rings is 1. The van der Waals surface area contributed by atoms with Crippen molar-refractivity contribution in [2.45, 2.75) is 25.8 Å². The Balaban J connectivity index is 2.52. The van der Waals surface area contributed by atoms with E-state index in [1.54, 1.807) is 0 Å². The average Bonchev–Trinajstić information content (AvgIpc) is 2.35. The van der Waals surface area contributed by atoms with Crippen LogP contribution in [0.4, 0.5) is 0 Å². The first-order valence-electron chi connectivity index (χ1n) is 6.19. The second-order valence-electron chi connectivity index (χ2n) is 4.94. The van der Waals surface area contributed by atoms with Gasteiger partial charge < -0.3 is 5.32 Å². The lowest BCUT2D eigenvalue weighted by Gasteiger charge is -2.27. The van der Waals surface area contributed by atoms with Crippen molar-refractivity contribution in [2.75, 3.05) is 19.3 Å². The molecule has 0 spiro atoms. The number of nitrogens with one attached hydrogen (secondary N) is 2. The van der Waals surface area contributed by atoms with E-state index in [0.717, 1.165) is 5.56 Å².